The van der Waals surface area contributed by atoms with Crippen molar-refractivity contribution in [2.24, 2.45) is 11.3 Å². The van der Waals surface area contributed by atoms with E-state index in [9.17, 15) is 22.4 Å². The number of likely N-dealkylation sites (tertiary alicyclic amines) is 2. The molecule has 0 radical (unpaired) electrons. The van der Waals surface area contributed by atoms with Gasteiger partial charge in [0.15, 0.2) is 0 Å². The average molecular weight is 408 g/mol. The standard InChI is InChI=1S/C17H27FN2O.C2HF3O2/c18-14-9-13(10-14)16(21)20-7-3-17(4-8-20)11-15(12-17)19-5-1-2-6-19;3-2(4,5)1(6)7/h13-15H,1-12H2;(H,6,7). The third-order valence-corrected chi connectivity index (χ3v) is 6.80. The monoisotopic (exact) mass is 408 g/mol. The fraction of sp³-hybridized carbons (Fsp3) is 0.895. The SMILES string of the molecule is O=C(C1CC(F)C1)N1CCC2(CC1)CC(N1CCCC1)C2.O=C(O)C(F)(F)F. The molecule has 28 heavy (non-hydrogen) atoms. The minimum Gasteiger partial charge on any atom is -0.475 e. The first-order chi connectivity index (χ1) is 13.1. The number of aliphatic carboxylic acids is 1. The number of rotatable bonds is 2. The van der Waals surface area contributed by atoms with Crippen LogP contribution in [0.2, 0.25) is 0 Å². The fourth-order valence-corrected chi connectivity index (χ4v) is 4.92. The second-order valence-electron chi connectivity index (χ2n) is 8.70. The number of alkyl halides is 4. The molecule has 2 heterocycles. The number of carbonyl (C=O) groups is 2. The van der Waals surface area contributed by atoms with E-state index in [1.807, 2.05) is 4.90 Å². The molecule has 9 heteroatoms. The Hall–Kier alpha value is -1.38. The van der Waals surface area contributed by atoms with Crippen molar-refractivity contribution in [3.8, 4) is 0 Å². The summed E-state index contributed by atoms with van der Waals surface area (Å²) in [7, 11) is 0. The summed E-state index contributed by atoms with van der Waals surface area (Å²) in [6, 6.07) is 0.827. The van der Waals surface area contributed by atoms with Crippen LogP contribution >= 0.6 is 0 Å². The lowest BCUT2D eigenvalue weighted by molar-refractivity contribution is -0.192. The van der Waals surface area contributed by atoms with Crippen molar-refractivity contribution in [1.82, 2.24) is 9.80 Å². The molecule has 0 unspecified atom stereocenters. The second-order valence-corrected chi connectivity index (χ2v) is 8.70. The third-order valence-electron chi connectivity index (χ3n) is 6.80. The van der Waals surface area contributed by atoms with Gasteiger partial charge in [-0.05, 0) is 69.9 Å². The zero-order chi connectivity index (χ0) is 20.5. The normalized spacial score (nSPS) is 30.2. The zero-order valence-electron chi connectivity index (χ0n) is 15.9. The molecule has 2 saturated heterocycles. The van der Waals surface area contributed by atoms with Gasteiger partial charge in [-0.3, -0.25) is 4.79 Å². The largest absolute Gasteiger partial charge is 0.490 e. The number of amides is 1. The van der Waals surface area contributed by atoms with Crippen LogP contribution in [-0.4, -0.2) is 71.4 Å². The van der Waals surface area contributed by atoms with Crippen LogP contribution in [0.5, 0.6) is 0 Å². The molecule has 0 aromatic rings. The molecule has 160 valence electrons. The number of hydrogen-bond donors (Lipinski definition) is 1. The molecule has 4 rings (SSSR count). The minimum absolute atomic E-state index is 0.00668. The van der Waals surface area contributed by atoms with Crippen LogP contribution in [0.15, 0.2) is 0 Å². The molecule has 0 aromatic heterocycles. The molecule has 0 atom stereocenters. The van der Waals surface area contributed by atoms with Gasteiger partial charge in [0.1, 0.15) is 6.17 Å². The Morgan fingerprint density at radius 3 is 1.89 bits per heavy atom. The van der Waals surface area contributed by atoms with Crippen LogP contribution in [0.4, 0.5) is 17.6 Å². The Balaban J connectivity index is 0.000000279. The van der Waals surface area contributed by atoms with Gasteiger partial charge in [0.2, 0.25) is 5.91 Å². The highest BCUT2D eigenvalue weighted by atomic mass is 19.4. The molecule has 1 spiro atoms. The third kappa shape index (κ3) is 4.78. The first-order valence-corrected chi connectivity index (χ1v) is 10.1. The lowest BCUT2D eigenvalue weighted by atomic mass is 9.60. The quantitative estimate of drug-likeness (QED) is 0.713. The molecule has 5 nitrogen and oxygen atoms in total. The lowest BCUT2D eigenvalue weighted by Crippen LogP contribution is -2.56. The van der Waals surface area contributed by atoms with E-state index < -0.39 is 18.3 Å². The summed E-state index contributed by atoms with van der Waals surface area (Å²) in [4.78, 5) is 25.9. The van der Waals surface area contributed by atoms with E-state index in [1.165, 1.54) is 51.6 Å². The Kier molecular flexibility index (Phi) is 6.22. The predicted molar refractivity (Wildman–Crippen MR) is 93.4 cm³/mol. The smallest absolute Gasteiger partial charge is 0.475 e. The number of carbonyl (C=O) groups excluding carboxylic acids is 1. The van der Waals surface area contributed by atoms with Gasteiger partial charge in [-0.2, -0.15) is 13.2 Å². The van der Waals surface area contributed by atoms with Crippen LogP contribution < -0.4 is 0 Å². The summed E-state index contributed by atoms with van der Waals surface area (Å²) in [6.07, 6.45) is 2.95. The molecule has 2 aliphatic heterocycles. The van der Waals surface area contributed by atoms with Crippen molar-refractivity contribution in [3.63, 3.8) is 0 Å². The molecule has 1 N–H and O–H groups in total. The summed E-state index contributed by atoms with van der Waals surface area (Å²) in [5.74, 6) is -2.53. The Bertz CT molecular complexity index is 570. The van der Waals surface area contributed by atoms with Crippen LogP contribution in [0, 0.1) is 11.3 Å². The van der Waals surface area contributed by atoms with E-state index in [1.54, 1.807) is 0 Å². The Morgan fingerprint density at radius 2 is 1.46 bits per heavy atom. The molecular weight excluding hydrogens is 380 g/mol. The highest BCUT2D eigenvalue weighted by Gasteiger charge is 2.49. The van der Waals surface area contributed by atoms with Crippen molar-refractivity contribution in [2.75, 3.05) is 26.2 Å². The number of halogens is 4. The van der Waals surface area contributed by atoms with Gasteiger partial charge in [-0.25, -0.2) is 9.18 Å². The summed E-state index contributed by atoms with van der Waals surface area (Å²) < 4.78 is 44.6. The molecule has 4 fully saturated rings. The van der Waals surface area contributed by atoms with Crippen molar-refractivity contribution in [2.45, 2.75) is 69.8 Å². The van der Waals surface area contributed by atoms with E-state index in [4.69, 9.17) is 9.90 Å². The highest BCUT2D eigenvalue weighted by Crippen LogP contribution is 2.51. The number of hydrogen-bond acceptors (Lipinski definition) is 3. The first kappa shape index (κ1) is 21.3. The van der Waals surface area contributed by atoms with Gasteiger partial charge in [0, 0.05) is 25.0 Å². The molecule has 4 aliphatic rings. The topological polar surface area (TPSA) is 60.9 Å². The average Bonchev–Trinajstić information content (AvgIpc) is 3.10. The van der Waals surface area contributed by atoms with E-state index >= 15 is 0 Å². The van der Waals surface area contributed by atoms with Gasteiger partial charge in [0.05, 0.1) is 0 Å². The number of piperidine rings is 1. The molecule has 2 saturated carbocycles. The summed E-state index contributed by atoms with van der Waals surface area (Å²) in [5.41, 5.74) is 0.534. The fourth-order valence-electron chi connectivity index (χ4n) is 4.92. The Labute approximate surface area is 162 Å². The summed E-state index contributed by atoms with van der Waals surface area (Å²) >= 11 is 0. The lowest BCUT2D eigenvalue weighted by Gasteiger charge is -2.55. The van der Waals surface area contributed by atoms with E-state index in [0.717, 1.165) is 19.1 Å². The van der Waals surface area contributed by atoms with Gasteiger partial charge < -0.3 is 14.9 Å². The van der Waals surface area contributed by atoms with Crippen molar-refractivity contribution >= 4 is 11.9 Å². The summed E-state index contributed by atoms with van der Waals surface area (Å²) in [6.45, 7) is 4.44. The van der Waals surface area contributed by atoms with E-state index in [2.05, 4.69) is 4.90 Å². The highest BCUT2D eigenvalue weighted by molar-refractivity contribution is 5.80. The van der Waals surface area contributed by atoms with Crippen molar-refractivity contribution in [1.29, 1.82) is 0 Å². The van der Waals surface area contributed by atoms with E-state index in [0.29, 0.717) is 18.3 Å². The minimum atomic E-state index is -5.08. The molecule has 0 bridgehead atoms. The zero-order valence-corrected chi connectivity index (χ0v) is 15.9. The molecule has 0 aromatic carbocycles. The van der Waals surface area contributed by atoms with Crippen LogP contribution in [0.1, 0.15) is 51.4 Å². The number of nitrogens with zero attached hydrogens (tertiary/aromatic N) is 2. The van der Waals surface area contributed by atoms with Crippen molar-refractivity contribution < 1.29 is 32.3 Å². The predicted octanol–water partition coefficient (Wildman–Crippen LogP) is 3.23. The maximum atomic E-state index is 12.9. The van der Waals surface area contributed by atoms with Gasteiger partial charge in [0.25, 0.3) is 0 Å². The van der Waals surface area contributed by atoms with Gasteiger partial charge >= 0.3 is 12.1 Å². The maximum Gasteiger partial charge on any atom is 0.490 e. The Morgan fingerprint density at radius 1 is 0.964 bits per heavy atom. The molecule has 1 amide bonds. The van der Waals surface area contributed by atoms with E-state index in [-0.39, 0.29) is 11.8 Å². The van der Waals surface area contributed by atoms with Crippen LogP contribution in [-0.2, 0) is 9.59 Å². The second kappa shape index (κ2) is 8.16. The molecular formula is C19H28F4N2O3. The maximum absolute atomic E-state index is 12.9. The van der Waals surface area contributed by atoms with Crippen LogP contribution in [0.3, 0.4) is 0 Å². The van der Waals surface area contributed by atoms with Gasteiger partial charge in [-0.1, -0.05) is 0 Å². The van der Waals surface area contributed by atoms with Crippen LogP contribution in [0.25, 0.3) is 0 Å². The first-order valence-electron chi connectivity index (χ1n) is 10.1. The molecule has 2 aliphatic carbocycles. The number of carboxylic acids is 1. The van der Waals surface area contributed by atoms with Gasteiger partial charge in [-0.15, -0.1) is 0 Å². The van der Waals surface area contributed by atoms with Crippen molar-refractivity contribution in [3.05, 3.63) is 0 Å². The number of carboxylic acid groups (broad SMARTS) is 1. The summed E-state index contributed by atoms with van der Waals surface area (Å²) in [5, 5.41) is 7.12.